The minimum atomic E-state index is -0.0153. The summed E-state index contributed by atoms with van der Waals surface area (Å²) in [5, 5.41) is 2.75. The van der Waals surface area contributed by atoms with Crippen molar-refractivity contribution in [1.29, 1.82) is 0 Å². The van der Waals surface area contributed by atoms with E-state index in [0.717, 1.165) is 16.9 Å². The number of nitrogens with one attached hydrogen (secondary N) is 1. The van der Waals surface area contributed by atoms with Crippen LogP contribution in [0.4, 0.5) is 0 Å². The van der Waals surface area contributed by atoms with Crippen molar-refractivity contribution in [1.82, 2.24) is 5.32 Å². The van der Waals surface area contributed by atoms with Gasteiger partial charge in [0, 0.05) is 13.5 Å². The van der Waals surface area contributed by atoms with E-state index in [9.17, 15) is 4.79 Å². The van der Waals surface area contributed by atoms with Crippen LogP contribution in [0.15, 0.2) is 18.2 Å². The van der Waals surface area contributed by atoms with Gasteiger partial charge in [-0.1, -0.05) is 26.0 Å². The Morgan fingerprint density at radius 1 is 1.38 bits per heavy atom. The van der Waals surface area contributed by atoms with Crippen LogP contribution in [0.2, 0.25) is 0 Å². The first kappa shape index (κ1) is 14.5. The topological polar surface area (TPSA) is 38.3 Å². The molecule has 0 aliphatic heterocycles. The maximum absolute atomic E-state index is 10.7. The molecule has 1 aromatic carbocycles. The van der Waals surface area contributed by atoms with Gasteiger partial charge < -0.3 is 10.1 Å². The van der Waals surface area contributed by atoms with Gasteiger partial charge in [-0.05, 0) is 24.1 Å². The second-order valence-corrected chi connectivity index (χ2v) is 3.21. The molecule has 1 rings (SSSR count). The fraction of sp³-hybridized carbons (Fsp3) is 0.462. The maximum Gasteiger partial charge on any atom is 0.217 e. The molecule has 0 fully saturated rings. The summed E-state index contributed by atoms with van der Waals surface area (Å²) in [5.74, 6) is 0.857. The number of hydrogen-bond acceptors (Lipinski definition) is 2. The van der Waals surface area contributed by atoms with E-state index in [2.05, 4.69) is 5.32 Å². The molecule has 0 unspecified atom stereocenters. The van der Waals surface area contributed by atoms with E-state index in [-0.39, 0.29) is 5.91 Å². The van der Waals surface area contributed by atoms with Gasteiger partial charge in [0.15, 0.2) is 0 Å². The highest BCUT2D eigenvalue weighted by Crippen LogP contribution is 2.18. The molecule has 1 aromatic rings. The summed E-state index contributed by atoms with van der Waals surface area (Å²) in [6.07, 6.45) is 0. The van der Waals surface area contributed by atoms with E-state index in [1.807, 2.05) is 39.0 Å². The van der Waals surface area contributed by atoms with Gasteiger partial charge in [0.1, 0.15) is 5.75 Å². The third kappa shape index (κ3) is 4.82. The Labute approximate surface area is 97.8 Å². The lowest BCUT2D eigenvalue weighted by atomic mass is 10.1. The van der Waals surface area contributed by atoms with Crippen LogP contribution in [0.3, 0.4) is 0 Å². The summed E-state index contributed by atoms with van der Waals surface area (Å²) in [4.78, 5) is 10.7. The van der Waals surface area contributed by atoms with Crippen molar-refractivity contribution >= 4 is 5.91 Å². The molecular formula is C13H21NO2. The number of amides is 1. The number of hydrogen-bond donors (Lipinski definition) is 1. The molecule has 0 atom stereocenters. The first-order valence-corrected chi connectivity index (χ1v) is 5.51. The molecule has 3 nitrogen and oxygen atoms in total. The predicted molar refractivity (Wildman–Crippen MR) is 66.6 cm³/mol. The van der Waals surface area contributed by atoms with E-state index in [4.69, 9.17) is 4.74 Å². The van der Waals surface area contributed by atoms with Gasteiger partial charge >= 0.3 is 0 Å². The molecule has 0 saturated heterocycles. The van der Waals surface area contributed by atoms with Crippen molar-refractivity contribution in [2.24, 2.45) is 0 Å². The van der Waals surface area contributed by atoms with Crippen LogP contribution < -0.4 is 10.1 Å². The largest absolute Gasteiger partial charge is 0.496 e. The van der Waals surface area contributed by atoms with Gasteiger partial charge in [0.25, 0.3) is 0 Å². The highest BCUT2D eigenvalue weighted by atomic mass is 16.5. The van der Waals surface area contributed by atoms with Gasteiger partial charge in [-0.3, -0.25) is 4.79 Å². The van der Waals surface area contributed by atoms with E-state index in [1.54, 1.807) is 7.11 Å². The lowest BCUT2D eigenvalue weighted by Gasteiger charge is -2.07. The minimum Gasteiger partial charge on any atom is -0.496 e. The van der Waals surface area contributed by atoms with Crippen molar-refractivity contribution in [3.63, 3.8) is 0 Å². The third-order valence-corrected chi connectivity index (χ3v) is 2.00. The van der Waals surface area contributed by atoms with Crippen LogP contribution in [-0.2, 0) is 11.3 Å². The molecule has 0 heterocycles. The third-order valence-electron chi connectivity index (χ3n) is 2.00. The Morgan fingerprint density at radius 3 is 2.44 bits per heavy atom. The Kier molecular flexibility index (Phi) is 7.01. The van der Waals surface area contributed by atoms with E-state index in [1.165, 1.54) is 6.92 Å². The number of rotatable bonds is 3. The summed E-state index contributed by atoms with van der Waals surface area (Å²) in [6, 6.07) is 5.86. The fourth-order valence-corrected chi connectivity index (χ4v) is 1.28. The summed E-state index contributed by atoms with van der Waals surface area (Å²) < 4.78 is 5.14. The standard InChI is InChI=1S/C11H15NO2.C2H6/c1-8-6-10(7-12-9(2)13)4-5-11(8)14-3;1-2/h4-6H,7H2,1-3H3,(H,12,13);1-2H3. The molecule has 0 aromatic heterocycles. The van der Waals surface area contributed by atoms with Crippen molar-refractivity contribution < 1.29 is 9.53 Å². The Morgan fingerprint density at radius 2 is 2.00 bits per heavy atom. The molecule has 0 saturated carbocycles. The van der Waals surface area contributed by atoms with Crippen LogP contribution in [0, 0.1) is 6.92 Å². The van der Waals surface area contributed by atoms with Gasteiger partial charge in [-0.15, -0.1) is 0 Å². The zero-order chi connectivity index (χ0) is 12.6. The van der Waals surface area contributed by atoms with Gasteiger partial charge in [0.05, 0.1) is 7.11 Å². The second kappa shape index (κ2) is 7.74. The Hall–Kier alpha value is -1.51. The van der Waals surface area contributed by atoms with E-state index in [0.29, 0.717) is 6.54 Å². The number of ether oxygens (including phenoxy) is 1. The molecule has 0 bridgehead atoms. The summed E-state index contributed by atoms with van der Waals surface area (Å²) in [5.41, 5.74) is 2.16. The van der Waals surface area contributed by atoms with Crippen molar-refractivity contribution in [2.75, 3.05) is 7.11 Å². The van der Waals surface area contributed by atoms with Crippen LogP contribution in [0.5, 0.6) is 5.75 Å². The predicted octanol–water partition coefficient (Wildman–Crippen LogP) is 2.67. The highest BCUT2D eigenvalue weighted by Gasteiger charge is 2.00. The zero-order valence-corrected chi connectivity index (χ0v) is 10.8. The lowest BCUT2D eigenvalue weighted by molar-refractivity contribution is -0.119. The number of carbonyl (C=O) groups excluding carboxylic acids is 1. The van der Waals surface area contributed by atoms with Crippen LogP contribution in [-0.4, -0.2) is 13.0 Å². The van der Waals surface area contributed by atoms with Crippen LogP contribution >= 0.6 is 0 Å². The van der Waals surface area contributed by atoms with Gasteiger partial charge in [-0.25, -0.2) is 0 Å². The number of benzene rings is 1. The second-order valence-electron chi connectivity index (χ2n) is 3.21. The first-order valence-electron chi connectivity index (χ1n) is 5.51. The summed E-state index contributed by atoms with van der Waals surface area (Å²) in [7, 11) is 1.65. The SMILES string of the molecule is CC.COc1ccc(CNC(C)=O)cc1C. The summed E-state index contributed by atoms with van der Waals surface area (Å²) >= 11 is 0. The number of methoxy groups -OCH3 is 1. The molecule has 90 valence electrons. The molecule has 0 aliphatic carbocycles. The maximum atomic E-state index is 10.7. The quantitative estimate of drug-likeness (QED) is 0.855. The Balaban J connectivity index is 0.00000106. The first-order chi connectivity index (χ1) is 7.63. The molecule has 1 amide bonds. The molecule has 16 heavy (non-hydrogen) atoms. The summed E-state index contributed by atoms with van der Waals surface area (Å²) in [6.45, 7) is 8.06. The average molecular weight is 223 g/mol. The van der Waals surface area contributed by atoms with Crippen molar-refractivity contribution in [3.8, 4) is 5.75 Å². The molecule has 3 heteroatoms. The van der Waals surface area contributed by atoms with Gasteiger partial charge in [-0.2, -0.15) is 0 Å². The van der Waals surface area contributed by atoms with Crippen molar-refractivity contribution in [3.05, 3.63) is 29.3 Å². The zero-order valence-electron chi connectivity index (χ0n) is 10.8. The molecule has 1 N–H and O–H groups in total. The molecule has 0 aliphatic rings. The minimum absolute atomic E-state index is 0.0153. The van der Waals surface area contributed by atoms with E-state index < -0.39 is 0 Å². The van der Waals surface area contributed by atoms with Crippen LogP contribution in [0.1, 0.15) is 31.9 Å². The van der Waals surface area contributed by atoms with Gasteiger partial charge in [0.2, 0.25) is 5.91 Å². The lowest BCUT2D eigenvalue weighted by Crippen LogP contribution is -2.18. The number of carbonyl (C=O) groups is 1. The normalized spacial score (nSPS) is 8.81. The van der Waals surface area contributed by atoms with E-state index >= 15 is 0 Å². The van der Waals surface area contributed by atoms with Crippen molar-refractivity contribution in [2.45, 2.75) is 34.2 Å². The Bertz CT molecular complexity index is 335. The number of aryl methyl sites for hydroxylation is 1. The molecule has 0 spiro atoms. The highest BCUT2D eigenvalue weighted by molar-refractivity contribution is 5.72. The van der Waals surface area contributed by atoms with Crippen LogP contribution in [0.25, 0.3) is 0 Å². The molecule has 0 radical (unpaired) electrons. The smallest absolute Gasteiger partial charge is 0.217 e. The molecular weight excluding hydrogens is 202 g/mol. The fourth-order valence-electron chi connectivity index (χ4n) is 1.28. The monoisotopic (exact) mass is 223 g/mol. The average Bonchev–Trinajstić information content (AvgIpc) is 2.29.